The fourth-order valence-electron chi connectivity index (χ4n) is 4.95. The molecule has 0 aromatic heterocycles. The average molecular weight is 584 g/mol. The molecule has 2 amide bonds. The summed E-state index contributed by atoms with van der Waals surface area (Å²) < 4.78 is 18.9. The first-order valence-electron chi connectivity index (χ1n) is 14.5. The van der Waals surface area contributed by atoms with E-state index >= 15 is 0 Å². The molecule has 0 spiro atoms. The van der Waals surface area contributed by atoms with Crippen LogP contribution in [0.3, 0.4) is 0 Å². The van der Waals surface area contributed by atoms with Crippen molar-refractivity contribution in [3.63, 3.8) is 0 Å². The van der Waals surface area contributed by atoms with E-state index in [1.807, 2.05) is 20.9 Å². The molecule has 1 aliphatic carbocycles. The van der Waals surface area contributed by atoms with Crippen LogP contribution in [0.2, 0.25) is 0 Å². The molecule has 2 rings (SSSR count). The summed E-state index contributed by atoms with van der Waals surface area (Å²) in [5, 5.41) is 22.3. The smallest absolute Gasteiger partial charge is 0.326 e. The summed E-state index contributed by atoms with van der Waals surface area (Å²) >= 11 is 0. The molecule has 2 fully saturated rings. The molecule has 0 radical (unpaired) electrons. The zero-order valence-corrected chi connectivity index (χ0v) is 26.2. The van der Waals surface area contributed by atoms with E-state index in [9.17, 15) is 18.8 Å². The number of aliphatic hydroxyl groups is 1. The van der Waals surface area contributed by atoms with Crippen LogP contribution in [-0.4, -0.2) is 84.4 Å². The Kier molecular flexibility index (Phi) is 19.1. The second kappa shape index (κ2) is 20.3. The maximum Gasteiger partial charge on any atom is 0.326 e. The molecule has 4 N–H and O–H groups in total. The maximum atomic E-state index is 13.3. The highest BCUT2D eigenvalue weighted by Gasteiger charge is 2.52. The van der Waals surface area contributed by atoms with Gasteiger partial charge in [-0.15, -0.1) is 0 Å². The van der Waals surface area contributed by atoms with E-state index in [1.165, 1.54) is 38.0 Å². The number of carboxylic acid groups (broad SMARTS) is 1. The quantitative estimate of drug-likeness (QED) is 0.168. The van der Waals surface area contributed by atoms with Crippen LogP contribution in [0.4, 0.5) is 4.39 Å². The molecule has 0 aromatic carbocycles. The average Bonchev–Trinajstić information content (AvgIpc) is 3.61. The highest BCUT2D eigenvalue weighted by atomic mass is 19.1. The Labute approximate surface area is 246 Å². The predicted molar refractivity (Wildman–Crippen MR) is 161 cm³/mol. The van der Waals surface area contributed by atoms with Gasteiger partial charge >= 0.3 is 5.97 Å². The second-order valence-electron chi connectivity index (χ2n) is 11.1. The van der Waals surface area contributed by atoms with E-state index < -0.39 is 17.8 Å². The Morgan fingerprint density at radius 1 is 1.22 bits per heavy atom. The Hall–Kier alpha value is -2.56. The number of rotatable bonds is 15. The largest absolute Gasteiger partial charge is 0.480 e. The Morgan fingerprint density at radius 3 is 2.20 bits per heavy atom. The molecule has 10 heteroatoms. The summed E-state index contributed by atoms with van der Waals surface area (Å²) in [6.45, 7) is 15.7. The van der Waals surface area contributed by atoms with Crippen molar-refractivity contribution in [2.75, 3.05) is 20.8 Å². The molecule has 1 saturated heterocycles. The van der Waals surface area contributed by atoms with Crippen LogP contribution in [0.5, 0.6) is 0 Å². The highest BCUT2D eigenvalue weighted by molar-refractivity contribution is 5.78. The monoisotopic (exact) mass is 583 g/mol. The van der Waals surface area contributed by atoms with Crippen molar-refractivity contribution in [3.8, 4) is 0 Å². The lowest BCUT2D eigenvalue weighted by Gasteiger charge is -2.32. The predicted octanol–water partition coefficient (Wildman–Crippen LogP) is 4.23. The number of nitrogens with one attached hydrogen (secondary N) is 2. The van der Waals surface area contributed by atoms with Crippen LogP contribution in [0.25, 0.3) is 0 Å². The number of hydrogen-bond acceptors (Lipinski definition) is 6. The normalized spacial score (nSPS) is 22.6. The number of allylic oxidation sites excluding steroid dienone is 4. The number of likely N-dealkylation sites (tertiary alicyclic amines) is 1. The number of fused-ring (bicyclic) bond motifs is 1. The van der Waals surface area contributed by atoms with E-state index in [1.54, 1.807) is 7.11 Å². The third-order valence-corrected chi connectivity index (χ3v) is 7.55. The zero-order valence-electron chi connectivity index (χ0n) is 26.2. The van der Waals surface area contributed by atoms with Crippen LogP contribution in [-0.2, 0) is 19.1 Å². The van der Waals surface area contributed by atoms with Crippen LogP contribution in [0, 0.1) is 17.8 Å². The van der Waals surface area contributed by atoms with Crippen molar-refractivity contribution in [2.24, 2.45) is 17.8 Å². The Balaban J connectivity index is 0.000000684. The topological polar surface area (TPSA) is 128 Å². The number of ether oxygens (including phenoxy) is 1. The first-order chi connectivity index (χ1) is 19.4. The van der Waals surface area contributed by atoms with Gasteiger partial charge in [0.05, 0.1) is 12.5 Å². The molecule has 1 saturated carbocycles. The van der Waals surface area contributed by atoms with Gasteiger partial charge in [-0.3, -0.25) is 9.59 Å². The molecule has 236 valence electrons. The molecule has 0 aromatic rings. The summed E-state index contributed by atoms with van der Waals surface area (Å²) in [5.41, 5.74) is 0.180. The van der Waals surface area contributed by atoms with Gasteiger partial charge in [-0.1, -0.05) is 58.9 Å². The Bertz CT molecular complexity index is 876. The van der Waals surface area contributed by atoms with E-state index in [0.717, 1.165) is 12.3 Å². The summed E-state index contributed by atoms with van der Waals surface area (Å²) in [6, 6.07) is 0.0447. The molecule has 0 bridgehead atoms. The second-order valence-corrected chi connectivity index (χ2v) is 11.1. The minimum Gasteiger partial charge on any atom is -0.480 e. The molecule has 7 atom stereocenters. The van der Waals surface area contributed by atoms with E-state index in [4.69, 9.17) is 14.9 Å². The van der Waals surface area contributed by atoms with Gasteiger partial charge in [0.25, 0.3) is 0 Å². The molecule has 9 nitrogen and oxygen atoms in total. The van der Waals surface area contributed by atoms with Gasteiger partial charge in [0, 0.05) is 38.3 Å². The molecule has 1 aliphatic heterocycles. The lowest BCUT2D eigenvalue weighted by atomic mass is 9.92. The first-order valence-corrected chi connectivity index (χ1v) is 14.5. The van der Waals surface area contributed by atoms with E-state index in [-0.39, 0.29) is 36.5 Å². The maximum absolute atomic E-state index is 13.3. The number of aliphatic hydroxyl groups excluding tert-OH is 1. The van der Waals surface area contributed by atoms with Gasteiger partial charge in [-0.05, 0) is 57.1 Å². The van der Waals surface area contributed by atoms with Crippen LogP contribution < -0.4 is 10.6 Å². The zero-order chi connectivity index (χ0) is 31.7. The van der Waals surface area contributed by atoms with E-state index in [2.05, 4.69) is 42.9 Å². The third-order valence-electron chi connectivity index (χ3n) is 7.55. The molecule has 7 unspecified atom stereocenters. The number of carboxylic acids is 1. The first kappa shape index (κ1) is 38.4. The molecule has 2 aliphatic rings. The van der Waals surface area contributed by atoms with Crippen molar-refractivity contribution >= 4 is 18.3 Å². The van der Waals surface area contributed by atoms with Gasteiger partial charge < -0.3 is 30.5 Å². The number of halogens is 1. The number of aliphatic carboxylic acids is 1. The number of amides is 2. The number of nitrogens with zero attached hydrogens (tertiary/aromatic N) is 1. The number of hydrogen-bond donors (Lipinski definition) is 4. The summed E-state index contributed by atoms with van der Waals surface area (Å²) in [6.07, 6.45) is 8.06. The van der Waals surface area contributed by atoms with Crippen molar-refractivity contribution in [2.45, 2.75) is 104 Å². The number of likely N-dealkylation sites (N-methyl/N-ethyl adjacent to an activating group) is 1. The molecular weight excluding hydrogens is 529 g/mol. The van der Waals surface area contributed by atoms with Crippen LogP contribution in [0.15, 0.2) is 36.2 Å². The fraction of sp³-hybridized carbons (Fsp3) is 0.710. The lowest BCUT2D eigenvalue weighted by Crippen LogP contribution is -2.47. The van der Waals surface area contributed by atoms with Gasteiger partial charge in [-0.2, -0.15) is 0 Å². The number of piperidine rings is 1. The van der Waals surface area contributed by atoms with Crippen LogP contribution >= 0.6 is 0 Å². The number of methoxy groups -OCH3 is 1. The molecule has 41 heavy (non-hydrogen) atoms. The molecular formula is C31H54FN3O6. The lowest BCUT2D eigenvalue weighted by molar-refractivity contribution is -0.140. The fourth-order valence-corrected chi connectivity index (χ4v) is 4.95. The number of carbonyl (C=O) groups is 3. The molecule has 1 heterocycles. The van der Waals surface area contributed by atoms with Crippen molar-refractivity contribution in [3.05, 3.63) is 36.2 Å². The third kappa shape index (κ3) is 13.3. The van der Waals surface area contributed by atoms with Crippen LogP contribution in [0.1, 0.15) is 73.6 Å². The van der Waals surface area contributed by atoms with Crippen molar-refractivity contribution in [1.82, 2.24) is 15.5 Å². The summed E-state index contributed by atoms with van der Waals surface area (Å²) in [7, 11) is 3.68. The minimum absolute atomic E-state index is 0.0348. The van der Waals surface area contributed by atoms with Crippen molar-refractivity contribution in [1.29, 1.82) is 0 Å². The van der Waals surface area contributed by atoms with Gasteiger partial charge in [0.1, 0.15) is 11.9 Å². The standard InChI is InChI=1S/C16H30N2O2.C11H14FNO3.C4H10O/c1-6-10(2)16(17-4)14(20-5)9-15(19)18-11(3)7-12-8-13(12)18;1-3-5-8(9(12)4-2)6-10(11(15)16)13-7-14;1-4(2)3-5/h10-14,16-17H,6-9H2,1-5H3;3-5,7,10H,1,6H2,2H3,(H,13,14)(H,15,16);4-5H,3H2,1-2H3/b;8-5-,9-4+;. The Morgan fingerprint density at radius 2 is 1.83 bits per heavy atom. The minimum atomic E-state index is -1.22. The SMILES string of the molecule is C=C/C=C(CC(NC=O)C(=O)O)\C(F)=C/C.CC(C)CO.CCC(C)C(NC)C(CC(=O)N1C(C)CC2CC21)OC. The van der Waals surface area contributed by atoms with E-state index in [0.29, 0.717) is 36.9 Å². The highest BCUT2D eigenvalue weighted by Crippen LogP contribution is 2.48. The summed E-state index contributed by atoms with van der Waals surface area (Å²) in [4.78, 5) is 35.6. The van der Waals surface area contributed by atoms with Gasteiger partial charge in [-0.25, -0.2) is 9.18 Å². The summed E-state index contributed by atoms with van der Waals surface area (Å²) in [5.74, 6) is 0.254. The van der Waals surface area contributed by atoms with Gasteiger partial charge in [0.15, 0.2) is 0 Å². The van der Waals surface area contributed by atoms with Gasteiger partial charge in [0.2, 0.25) is 12.3 Å². The van der Waals surface area contributed by atoms with Crippen molar-refractivity contribution < 1.29 is 33.7 Å². The number of carbonyl (C=O) groups excluding carboxylic acids is 2.